The summed E-state index contributed by atoms with van der Waals surface area (Å²) in [6, 6.07) is 10.4. The van der Waals surface area contributed by atoms with Crippen molar-refractivity contribution in [3.63, 3.8) is 0 Å². The molecule has 33 heavy (non-hydrogen) atoms. The number of nitrogens with one attached hydrogen (secondary N) is 1. The van der Waals surface area contributed by atoms with E-state index >= 15 is 0 Å². The van der Waals surface area contributed by atoms with Crippen LogP contribution in [-0.2, 0) is 21.2 Å². The average Bonchev–Trinajstić information content (AvgIpc) is 2.78. The van der Waals surface area contributed by atoms with Crippen molar-refractivity contribution in [1.29, 1.82) is 0 Å². The van der Waals surface area contributed by atoms with E-state index in [4.69, 9.17) is 11.6 Å². The number of pyridine rings is 1. The number of aromatic nitrogens is 3. The first-order chi connectivity index (χ1) is 15.6. The molecule has 0 saturated carbocycles. The van der Waals surface area contributed by atoms with Gasteiger partial charge < -0.3 is 4.90 Å². The lowest BCUT2D eigenvalue weighted by molar-refractivity contribution is -0.121. The number of rotatable bonds is 8. The highest BCUT2D eigenvalue weighted by Crippen LogP contribution is 2.24. The highest BCUT2D eigenvalue weighted by atomic mass is 35.5. The summed E-state index contributed by atoms with van der Waals surface area (Å²) < 4.78 is 29.4. The van der Waals surface area contributed by atoms with Crippen molar-refractivity contribution in [2.45, 2.75) is 31.2 Å². The monoisotopic (exact) mass is 489 g/mol. The molecule has 0 aliphatic carbocycles. The minimum absolute atomic E-state index is 0.0649. The Morgan fingerprint density at radius 3 is 2.67 bits per heavy atom. The van der Waals surface area contributed by atoms with Crippen LogP contribution in [0.5, 0.6) is 0 Å². The van der Waals surface area contributed by atoms with Gasteiger partial charge in [0.05, 0.1) is 16.1 Å². The first-order valence-corrected chi connectivity index (χ1v) is 12.0. The molecule has 11 heteroatoms. The molecular weight excluding hydrogens is 466 g/mol. The van der Waals surface area contributed by atoms with E-state index in [2.05, 4.69) is 14.8 Å². The largest absolute Gasteiger partial charge is 0.314 e. The molecule has 9 nitrogen and oxygen atoms in total. The molecule has 174 valence electrons. The second kappa shape index (κ2) is 10.2. The molecule has 3 aromatic rings. The zero-order valence-corrected chi connectivity index (χ0v) is 20.0. The van der Waals surface area contributed by atoms with Crippen LogP contribution < -0.4 is 15.2 Å². The van der Waals surface area contributed by atoms with Gasteiger partial charge in [-0.15, -0.1) is 0 Å². The number of benzene rings is 1. The second-order valence-corrected chi connectivity index (χ2v) is 9.62. The molecule has 2 aromatic heterocycles. The number of carbonyl (C=O) groups is 1. The molecule has 1 atom stereocenters. The van der Waals surface area contributed by atoms with Gasteiger partial charge in [-0.05, 0) is 43.7 Å². The summed E-state index contributed by atoms with van der Waals surface area (Å²) in [7, 11) is -2.32. The Kier molecular flexibility index (Phi) is 7.62. The molecule has 0 spiro atoms. The van der Waals surface area contributed by atoms with Gasteiger partial charge in [-0.25, -0.2) is 17.8 Å². The van der Waals surface area contributed by atoms with Gasteiger partial charge in [0, 0.05) is 43.7 Å². The Balaban J connectivity index is 1.79. The van der Waals surface area contributed by atoms with E-state index in [-0.39, 0.29) is 16.5 Å². The fraction of sp³-hybridized carbons (Fsp3) is 0.273. The number of anilines is 1. The third-order valence-electron chi connectivity index (χ3n) is 5.10. The minimum Gasteiger partial charge on any atom is -0.314 e. The van der Waals surface area contributed by atoms with Gasteiger partial charge in [0.2, 0.25) is 10.0 Å². The van der Waals surface area contributed by atoms with Crippen molar-refractivity contribution >= 4 is 33.2 Å². The molecule has 1 amide bonds. The van der Waals surface area contributed by atoms with Crippen molar-refractivity contribution < 1.29 is 13.2 Å². The van der Waals surface area contributed by atoms with E-state index in [9.17, 15) is 18.0 Å². The van der Waals surface area contributed by atoms with Gasteiger partial charge in [0.15, 0.2) is 0 Å². The van der Waals surface area contributed by atoms with Crippen LogP contribution in [0.1, 0.15) is 24.2 Å². The van der Waals surface area contributed by atoms with Crippen LogP contribution >= 0.6 is 11.6 Å². The number of hydrogen-bond donors (Lipinski definition) is 1. The molecule has 1 N–H and O–H groups in total. The summed E-state index contributed by atoms with van der Waals surface area (Å²) in [5.74, 6) is -0.442. The zero-order valence-electron chi connectivity index (χ0n) is 18.4. The molecule has 0 radical (unpaired) electrons. The summed E-state index contributed by atoms with van der Waals surface area (Å²) >= 11 is 5.77. The van der Waals surface area contributed by atoms with E-state index < -0.39 is 27.5 Å². The summed E-state index contributed by atoms with van der Waals surface area (Å²) in [5.41, 5.74) is 1.16. The maximum Gasteiger partial charge on any atom is 0.268 e. The lowest BCUT2D eigenvalue weighted by Gasteiger charge is -2.23. The average molecular weight is 490 g/mol. The van der Waals surface area contributed by atoms with Crippen LogP contribution in [0.4, 0.5) is 5.69 Å². The Labute approximate surface area is 197 Å². The summed E-state index contributed by atoms with van der Waals surface area (Å²) in [4.78, 5) is 30.6. The zero-order chi connectivity index (χ0) is 24.2. The van der Waals surface area contributed by atoms with Gasteiger partial charge in [-0.3, -0.25) is 14.6 Å². The first-order valence-electron chi connectivity index (χ1n) is 10.1. The number of carbonyl (C=O) groups excluding carboxylic acids is 1. The van der Waals surface area contributed by atoms with Crippen molar-refractivity contribution in [2.75, 3.05) is 18.5 Å². The van der Waals surface area contributed by atoms with E-state index in [1.165, 1.54) is 37.2 Å². The Morgan fingerprint density at radius 1 is 1.24 bits per heavy atom. The quantitative estimate of drug-likeness (QED) is 0.519. The summed E-state index contributed by atoms with van der Waals surface area (Å²) in [6.45, 7) is 3.39. The molecule has 0 fully saturated rings. The Hall–Kier alpha value is -3.08. The van der Waals surface area contributed by atoms with E-state index in [0.717, 1.165) is 10.4 Å². The SMILES string of the molecule is Cc1ccc(N(C)C(=O)[C@@H](C)n2ncc(Cl)cc2=O)cc1S(=O)(=O)NCCc1ccccn1. The number of amides is 1. The van der Waals surface area contributed by atoms with Gasteiger partial charge in [-0.1, -0.05) is 23.7 Å². The number of hydrogen-bond acceptors (Lipinski definition) is 6. The van der Waals surface area contributed by atoms with Crippen LogP contribution in [0.2, 0.25) is 5.02 Å². The van der Waals surface area contributed by atoms with Gasteiger partial charge in [0.1, 0.15) is 6.04 Å². The Bertz CT molecular complexity index is 1310. The molecule has 2 heterocycles. The van der Waals surface area contributed by atoms with Crippen LogP contribution in [0.15, 0.2) is 64.5 Å². The smallest absolute Gasteiger partial charge is 0.268 e. The van der Waals surface area contributed by atoms with Crippen molar-refractivity contribution in [1.82, 2.24) is 19.5 Å². The predicted octanol–water partition coefficient (Wildman–Crippen LogP) is 2.35. The van der Waals surface area contributed by atoms with Crippen LogP contribution in [0.25, 0.3) is 0 Å². The third kappa shape index (κ3) is 5.84. The maximum absolute atomic E-state index is 13.0. The molecule has 3 rings (SSSR count). The predicted molar refractivity (Wildman–Crippen MR) is 126 cm³/mol. The lowest BCUT2D eigenvalue weighted by Crippen LogP contribution is -2.38. The van der Waals surface area contributed by atoms with Gasteiger partial charge in [0.25, 0.3) is 11.5 Å². The molecule has 0 bridgehead atoms. The van der Waals surface area contributed by atoms with Crippen molar-refractivity contribution in [3.05, 3.63) is 81.5 Å². The standard InChI is InChI=1S/C22H24ClN5O4S/c1-15-7-8-19(27(3)22(30)16(2)28-21(29)12-17(23)14-25-28)13-20(15)33(31,32)26-11-9-18-6-4-5-10-24-18/h4-8,10,12-14,16,26H,9,11H2,1-3H3/t16-/m1/s1. The number of sulfonamides is 1. The fourth-order valence-electron chi connectivity index (χ4n) is 3.22. The van der Waals surface area contributed by atoms with E-state index in [0.29, 0.717) is 17.7 Å². The number of aryl methyl sites for hydroxylation is 1. The highest BCUT2D eigenvalue weighted by Gasteiger charge is 2.24. The lowest BCUT2D eigenvalue weighted by atomic mass is 10.2. The highest BCUT2D eigenvalue weighted by molar-refractivity contribution is 7.89. The molecule has 0 unspecified atom stereocenters. The van der Waals surface area contributed by atoms with Gasteiger partial charge in [-0.2, -0.15) is 5.10 Å². The normalized spacial score (nSPS) is 12.4. The van der Waals surface area contributed by atoms with Crippen molar-refractivity contribution in [3.8, 4) is 0 Å². The number of nitrogens with zero attached hydrogens (tertiary/aromatic N) is 4. The summed E-state index contributed by atoms with van der Waals surface area (Å²) in [5, 5.41) is 4.09. The minimum atomic E-state index is -3.82. The van der Waals surface area contributed by atoms with Crippen molar-refractivity contribution in [2.24, 2.45) is 0 Å². The molecular formula is C22H24ClN5O4S. The molecule has 0 aliphatic heterocycles. The number of likely N-dealkylation sites (N-methyl/N-ethyl adjacent to an activating group) is 1. The number of halogens is 1. The Morgan fingerprint density at radius 2 is 2.00 bits per heavy atom. The third-order valence-corrected chi connectivity index (χ3v) is 6.91. The van der Waals surface area contributed by atoms with Gasteiger partial charge >= 0.3 is 0 Å². The molecule has 1 aromatic carbocycles. The second-order valence-electron chi connectivity index (χ2n) is 7.45. The van der Waals surface area contributed by atoms with Crippen LogP contribution in [0, 0.1) is 6.92 Å². The van der Waals surface area contributed by atoms with E-state index in [1.54, 1.807) is 31.3 Å². The topological polar surface area (TPSA) is 114 Å². The fourth-order valence-corrected chi connectivity index (χ4v) is 4.65. The van der Waals surface area contributed by atoms with E-state index in [1.807, 2.05) is 12.1 Å². The van der Waals surface area contributed by atoms with Crippen LogP contribution in [0.3, 0.4) is 0 Å². The first kappa shape index (κ1) is 24.6. The maximum atomic E-state index is 13.0. The molecule has 0 aliphatic rings. The van der Waals surface area contributed by atoms with Crippen LogP contribution in [-0.4, -0.2) is 42.7 Å². The molecule has 0 saturated heterocycles. The summed E-state index contributed by atoms with van der Waals surface area (Å²) in [6.07, 6.45) is 3.37.